The molecule has 3 amide bonds. The molecular weight excluding hydrogens is 279 g/mol. The van der Waals surface area contributed by atoms with Crippen molar-refractivity contribution in [1.82, 2.24) is 4.90 Å². The molecule has 0 aliphatic carbocycles. The molecule has 0 bridgehead atoms. The van der Waals surface area contributed by atoms with Crippen molar-refractivity contribution in [2.24, 2.45) is 0 Å². The third-order valence-corrected chi connectivity index (χ3v) is 3.15. The standard InChI is InChI=1S/C14H15FN2O4/c1-21-11-3-2-9(8-10(11)15)16-12(18)6-7-17-13(19)4-5-14(17)20/h2-3,8H,4-7H2,1H3,(H,16,18). The van der Waals surface area contributed by atoms with Crippen LogP contribution in [0.3, 0.4) is 0 Å². The number of nitrogens with zero attached hydrogens (tertiary/aromatic N) is 1. The first-order valence-corrected chi connectivity index (χ1v) is 6.48. The lowest BCUT2D eigenvalue weighted by Gasteiger charge is -2.13. The number of nitrogens with one attached hydrogen (secondary N) is 1. The quantitative estimate of drug-likeness (QED) is 0.831. The lowest BCUT2D eigenvalue weighted by molar-refractivity contribution is -0.138. The van der Waals surface area contributed by atoms with Gasteiger partial charge >= 0.3 is 0 Å². The number of hydrogen-bond acceptors (Lipinski definition) is 4. The van der Waals surface area contributed by atoms with Crippen molar-refractivity contribution in [3.05, 3.63) is 24.0 Å². The summed E-state index contributed by atoms with van der Waals surface area (Å²) in [6.07, 6.45) is 0.374. The Balaban J connectivity index is 1.88. The van der Waals surface area contributed by atoms with Gasteiger partial charge in [-0.05, 0) is 12.1 Å². The van der Waals surface area contributed by atoms with E-state index in [0.29, 0.717) is 0 Å². The van der Waals surface area contributed by atoms with E-state index in [4.69, 9.17) is 4.74 Å². The Bertz CT molecular complexity index is 572. The first-order chi connectivity index (χ1) is 10.0. The zero-order valence-electron chi connectivity index (χ0n) is 11.5. The highest BCUT2D eigenvalue weighted by atomic mass is 19.1. The zero-order chi connectivity index (χ0) is 15.4. The molecule has 2 rings (SSSR count). The maximum absolute atomic E-state index is 13.5. The summed E-state index contributed by atoms with van der Waals surface area (Å²) in [5.41, 5.74) is 0.289. The molecule has 1 aromatic carbocycles. The van der Waals surface area contributed by atoms with Crippen LogP contribution in [-0.2, 0) is 14.4 Å². The van der Waals surface area contributed by atoms with E-state index in [9.17, 15) is 18.8 Å². The molecule has 1 heterocycles. The smallest absolute Gasteiger partial charge is 0.229 e. The van der Waals surface area contributed by atoms with E-state index in [2.05, 4.69) is 5.32 Å². The molecule has 1 saturated heterocycles. The van der Waals surface area contributed by atoms with Crippen LogP contribution >= 0.6 is 0 Å². The summed E-state index contributed by atoms with van der Waals surface area (Å²) in [6.45, 7) is 0.0438. The van der Waals surface area contributed by atoms with E-state index < -0.39 is 11.7 Å². The molecule has 21 heavy (non-hydrogen) atoms. The molecule has 0 radical (unpaired) electrons. The minimum absolute atomic E-state index is 0.0227. The molecule has 0 spiro atoms. The second kappa shape index (κ2) is 6.34. The van der Waals surface area contributed by atoms with Crippen LogP contribution in [0.15, 0.2) is 18.2 Å². The molecule has 7 heteroatoms. The van der Waals surface area contributed by atoms with Crippen molar-refractivity contribution in [1.29, 1.82) is 0 Å². The Kier molecular flexibility index (Phi) is 4.52. The van der Waals surface area contributed by atoms with Crippen LogP contribution in [-0.4, -0.2) is 36.3 Å². The lowest BCUT2D eigenvalue weighted by Crippen LogP contribution is -2.32. The summed E-state index contributed by atoms with van der Waals surface area (Å²) in [4.78, 5) is 35.6. The van der Waals surface area contributed by atoms with Crippen molar-refractivity contribution in [3.63, 3.8) is 0 Å². The lowest BCUT2D eigenvalue weighted by atomic mass is 10.2. The summed E-state index contributed by atoms with van der Waals surface area (Å²) in [5.74, 6) is -1.42. The summed E-state index contributed by atoms with van der Waals surface area (Å²) in [7, 11) is 1.35. The molecule has 0 atom stereocenters. The number of likely N-dealkylation sites (tertiary alicyclic amines) is 1. The summed E-state index contributed by atoms with van der Waals surface area (Å²) < 4.78 is 18.2. The number of ether oxygens (including phenoxy) is 1. The van der Waals surface area contributed by atoms with Crippen molar-refractivity contribution in [2.75, 3.05) is 19.0 Å². The number of imide groups is 1. The van der Waals surface area contributed by atoms with Gasteiger partial charge in [0.25, 0.3) is 0 Å². The fraction of sp³-hybridized carbons (Fsp3) is 0.357. The van der Waals surface area contributed by atoms with Gasteiger partial charge in [-0.25, -0.2) is 4.39 Å². The number of benzene rings is 1. The molecule has 0 saturated carbocycles. The number of hydrogen-bond donors (Lipinski definition) is 1. The van der Waals surface area contributed by atoms with Crippen LogP contribution in [0.4, 0.5) is 10.1 Å². The molecule has 1 N–H and O–H groups in total. The van der Waals surface area contributed by atoms with E-state index in [1.54, 1.807) is 0 Å². The topological polar surface area (TPSA) is 75.7 Å². The maximum Gasteiger partial charge on any atom is 0.229 e. The van der Waals surface area contributed by atoms with Crippen LogP contribution in [0, 0.1) is 5.82 Å². The average molecular weight is 294 g/mol. The third kappa shape index (κ3) is 3.56. The normalized spacial score (nSPS) is 14.5. The van der Waals surface area contributed by atoms with Crippen molar-refractivity contribution < 1.29 is 23.5 Å². The number of carbonyl (C=O) groups excluding carboxylic acids is 3. The molecule has 1 aromatic rings. The molecule has 1 aliphatic heterocycles. The van der Waals surface area contributed by atoms with Crippen LogP contribution in [0.5, 0.6) is 5.75 Å². The molecule has 1 aliphatic rings. The number of anilines is 1. The zero-order valence-corrected chi connectivity index (χ0v) is 11.5. The van der Waals surface area contributed by atoms with Crippen molar-refractivity contribution >= 4 is 23.4 Å². The first kappa shape index (κ1) is 15.0. The van der Waals surface area contributed by atoms with Gasteiger partial charge in [0.15, 0.2) is 11.6 Å². The molecule has 0 unspecified atom stereocenters. The summed E-state index contributed by atoms with van der Waals surface area (Å²) in [6, 6.07) is 4.05. The van der Waals surface area contributed by atoms with Gasteiger partial charge in [0.05, 0.1) is 7.11 Å². The average Bonchev–Trinajstić information content (AvgIpc) is 2.76. The van der Waals surface area contributed by atoms with Gasteiger partial charge in [-0.3, -0.25) is 19.3 Å². The Hall–Kier alpha value is -2.44. The minimum Gasteiger partial charge on any atom is -0.494 e. The monoisotopic (exact) mass is 294 g/mol. The van der Waals surface area contributed by atoms with Crippen LogP contribution in [0.2, 0.25) is 0 Å². The highest BCUT2D eigenvalue weighted by molar-refractivity contribution is 6.02. The van der Waals surface area contributed by atoms with Crippen LogP contribution in [0.1, 0.15) is 19.3 Å². The number of rotatable bonds is 5. The van der Waals surface area contributed by atoms with Crippen molar-refractivity contribution in [2.45, 2.75) is 19.3 Å². The summed E-state index contributed by atoms with van der Waals surface area (Å²) in [5, 5.41) is 2.50. The second-order valence-electron chi connectivity index (χ2n) is 4.59. The van der Waals surface area contributed by atoms with E-state index in [-0.39, 0.29) is 49.1 Å². The van der Waals surface area contributed by atoms with Crippen LogP contribution < -0.4 is 10.1 Å². The van der Waals surface area contributed by atoms with E-state index in [0.717, 1.165) is 11.0 Å². The minimum atomic E-state index is -0.583. The Morgan fingerprint density at radius 1 is 1.33 bits per heavy atom. The Morgan fingerprint density at radius 3 is 2.57 bits per heavy atom. The van der Waals surface area contributed by atoms with Crippen molar-refractivity contribution in [3.8, 4) is 5.75 Å². The molecule has 112 valence electrons. The molecule has 0 aromatic heterocycles. The van der Waals surface area contributed by atoms with E-state index >= 15 is 0 Å². The molecule has 6 nitrogen and oxygen atoms in total. The van der Waals surface area contributed by atoms with Gasteiger partial charge in [-0.2, -0.15) is 0 Å². The predicted molar refractivity (Wildman–Crippen MR) is 72.2 cm³/mol. The number of methoxy groups -OCH3 is 1. The number of amides is 3. The first-order valence-electron chi connectivity index (χ1n) is 6.48. The Labute approximate surface area is 120 Å². The van der Waals surface area contributed by atoms with Crippen LogP contribution in [0.25, 0.3) is 0 Å². The Morgan fingerprint density at radius 2 is 2.00 bits per heavy atom. The third-order valence-electron chi connectivity index (χ3n) is 3.15. The SMILES string of the molecule is COc1ccc(NC(=O)CCN2C(=O)CCC2=O)cc1F. The predicted octanol–water partition coefficient (Wildman–Crippen LogP) is 1.31. The molecule has 1 fully saturated rings. The van der Waals surface area contributed by atoms with Gasteiger partial charge in [-0.1, -0.05) is 0 Å². The van der Waals surface area contributed by atoms with Gasteiger partial charge in [0, 0.05) is 37.6 Å². The molecular formula is C14H15FN2O4. The van der Waals surface area contributed by atoms with E-state index in [1.807, 2.05) is 0 Å². The fourth-order valence-electron chi connectivity index (χ4n) is 2.05. The fourth-order valence-corrected chi connectivity index (χ4v) is 2.05. The number of carbonyl (C=O) groups is 3. The highest BCUT2D eigenvalue weighted by Gasteiger charge is 2.28. The maximum atomic E-state index is 13.5. The van der Waals surface area contributed by atoms with E-state index in [1.165, 1.54) is 19.2 Å². The van der Waals surface area contributed by atoms with Gasteiger partial charge in [0.1, 0.15) is 0 Å². The number of halogens is 1. The van der Waals surface area contributed by atoms with Gasteiger partial charge in [0.2, 0.25) is 17.7 Å². The second-order valence-corrected chi connectivity index (χ2v) is 4.59. The highest BCUT2D eigenvalue weighted by Crippen LogP contribution is 2.20. The van der Waals surface area contributed by atoms with Gasteiger partial charge < -0.3 is 10.1 Å². The largest absolute Gasteiger partial charge is 0.494 e. The summed E-state index contributed by atoms with van der Waals surface area (Å²) >= 11 is 0. The van der Waals surface area contributed by atoms with Gasteiger partial charge in [-0.15, -0.1) is 0 Å².